The molecule has 0 fully saturated rings. The molecular formula is C15H25N5. The Bertz CT molecular complexity index is 573. The van der Waals surface area contributed by atoms with Crippen molar-refractivity contribution in [3.63, 3.8) is 0 Å². The van der Waals surface area contributed by atoms with Gasteiger partial charge in [0.2, 0.25) is 0 Å². The number of aryl methyl sites for hydroxylation is 2. The molecule has 5 heteroatoms. The van der Waals surface area contributed by atoms with Crippen molar-refractivity contribution < 1.29 is 0 Å². The number of rotatable bonds is 6. The molecular weight excluding hydrogens is 250 g/mol. The fourth-order valence-corrected chi connectivity index (χ4v) is 2.42. The molecule has 0 bridgehead atoms. The molecule has 0 saturated carbocycles. The number of nitrogens with one attached hydrogen (secondary N) is 1. The van der Waals surface area contributed by atoms with Gasteiger partial charge in [0.1, 0.15) is 0 Å². The molecule has 1 unspecified atom stereocenters. The molecule has 0 aliphatic carbocycles. The minimum atomic E-state index is 0.290. The second-order valence-electron chi connectivity index (χ2n) is 5.69. The minimum Gasteiger partial charge on any atom is -0.310 e. The molecule has 1 atom stereocenters. The highest BCUT2D eigenvalue weighted by atomic mass is 15.3. The van der Waals surface area contributed by atoms with Gasteiger partial charge < -0.3 is 10.2 Å². The predicted molar refractivity (Wildman–Crippen MR) is 82.0 cm³/mol. The molecule has 2 aromatic heterocycles. The van der Waals surface area contributed by atoms with E-state index in [4.69, 9.17) is 0 Å². The lowest BCUT2D eigenvalue weighted by Gasteiger charge is -2.17. The van der Waals surface area contributed by atoms with E-state index in [-0.39, 0.29) is 0 Å². The summed E-state index contributed by atoms with van der Waals surface area (Å²) in [5, 5.41) is 8.05. The van der Waals surface area contributed by atoms with Gasteiger partial charge in [-0.2, -0.15) is 5.10 Å². The summed E-state index contributed by atoms with van der Waals surface area (Å²) in [5.74, 6) is 0. The normalized spacial score (nSPS) is 13.3. The highest BCUT2D eigenvalue weighted by Crippen LogP contribution is 2.17. The van der Waals surface area contributed by atoms with E-state index in [0.29, 0.717) is 6.04 Å². The molecule has 0 amide bonds. The zero-order chi connectivity index (χ0) is 14.7. The summed E-state index contributed by atoms with van der Waals surface area (Å²) in [6.07, 6.45) is 3.11. The van der Waals surface area contributed by atoms with Gasteiger partial charge in [0.05, 0.1) is 5.69 Å². The Hall–Kier alpha value is -1.46. The second kappa shape index (κ2) is 6.33. The van der Waals surface area contributed by atoms with Gasteiger partial charge in [0.15, 0.2) is 5.65 Å². The topological polar surface area (TPSA) is 45.5 Å². The molecule has 1 N–H and O–H groups in total. The van der Waals surface area contributed by atoms with Gasteiger partial charge in [-0.05, 0) is 54.4 Å². The SMILES string of the molecule is Cc1cc2ncc(C(C)NCCCN(C)C)c(C)n2n1. The van der Waals surface area contributed by atoms with Crippen LogP contribution in [0.25, 0.3) is 5.65 Å². The van der Waals surface area contributed by atoms with E-state index >= 15 is 0 Å². The van der Waals surface area contributed by atoms with E-state index in [1.165, 1.54) is 5.56 Å². The molecule has 2 aromatic rings. The minimum absolute atomic E-state index is 0.290. The molecule has 0 saturated heterocycles. The molecule has 0 aliphatic heterocycles. The Labute approximate surface area is 121 Å². The zero-order valence-corrected chi connectivity index (χ0v) is 13.1. The summed E-state index contributed by atoms with van der Waals surface area (Å²) >= 11 is 0. The Morgan fingerprint density at radius 2 is 2.10 bits per heavy atom. The van der Waals surface area contributed by atoms with E-state index < -0.39 is 0 Å². The summed E-state index contributed by atoms with van der Waals surface area (Å²) in [4.78, 5) is 6.70. The van der Waals surface area contributed by atoms with E-state index in [0.717, 1.165) is 36.5 Å². The lowest BCUT2D eigenvalue weighted by atomic mass is 10.1. The van der Waals surface area contributed by atoms with Crippen molar-refractivity contribution in [1.82, 2.24) is 24.8 Å². The molecule has 2 rings (SSSR count). The second-order valence-corrected chi connectivity index (χ2v) is 5.69. The van der Waals surface area contributed by atoms with Crippen molar-refractivity contribution in [2.75, 3.05) is 27.2 Å². The fourth-order valence-electron chi connectivity index (χ4n) is 2.42. The van der Waals surface area contributed by atoms with Gasteiger partial charge in [0, 0.05) is 29.6 Å². The first kappa shape index (κ1) is 14.9. The number of hydrogen-bond donors (Lipinski definition) is 1. The molecule has 2 heterocycles. The van der Waals surface area contributed by atoms with Crippen LogP contribution in [0.5, 0.6) is 0 Å². The first-order chi connectivity index (χ1) is 9.49. The largest absolute Gasteiger partial charge is 0.310 e. The summed E-state index contributed by atoms with van der Waals surface area (Å²) in [6, 6.07) is 2.30. The van der Waals surface area contributed by atoms with Crippen molar-refractivity contribution in [3.05, 3.63) is 29.2 Å². The summed E-state index contributed by atoms with van der Waals surface area (Å²) in [6.45, 7) is 8.40. The van der Waals surface area contributed by atoms with Gasteiger partial charge in [0.25, 0.3) is 0 Å². The number of nitrogens with zero attached hydrogens (tertiary/aromatic N) is 4. The molecule has 110 valence electrons. The maximum Gasteiger partial charge on any atom is 0.155 e. The molecule has 5 nitrogen and oxygen atoms in total. The van der Waals surface area contributed by atoms with Crippen LogP contribution in [-0.4, -0.2) is 46.7 Å². The lowest BCUT2D eigenvalue weighted by Crippen LogP contribution is -2.24. The average Bonchev–Trinajstić information content (AvgIpc) is 2.76. The Morgan fingerprint density at radius 1 is 1.35 bits per heavy atom. The van der Waals surface area contributed by atoms with Gasteiger partial charge in [-0.1, -0.05) is 0 Å². The monoisotopic (exact) mass is 275 g/mol. The van der Waals surface area contributed by atoms with E-state index in [2.05, 4.69) is 48.2 Å². The van der Waals surface area contributed by atoms with Gasteiger partial charge in [-0.15, -0.1) is 0 Å². The van der Waals surface area contributed by atoms with Crippen molar-refractivity contribution in [2.24, 2.45) is 0 Å². The van der Waals surface area contributed by atoms with E-state index in [1.54, 1.807) is 0 Å². The fraction of sp³-hybridized carbons (Fsp3) is 0.600. The smallest absolute Gasteiger partial charge is 0.155 e. The third kappa shape index (κ3) is 3.35. The third-order valence-electron chi connectivity index (χ3n) is 3.58. The summed E-state index contributed by atoms with van der Waals surface area (Å²) in [7, 11) is 4.21. The van der Waals surface area contributed by atoms with Gasteiger partial charge in [-0.25, -0.2) is 9.50 Å². The van der Waals surface area contributed by atoms with Crippen LogP contribution in [0.4, 0.5) is 0 Å². The number of hydrogen-bond acceptors (Lipinski definition) is 4. The standard InChI is InChI=1S/C15H25N5/c1-11-9-15-17-10-14(13(3)20(15)18-11)12(2)16-7-6-8-19(4)5/h9-10,12,16H,6-8H2,1-5H3. The van der Waals surface area contributed by atoms with Crippen LogP contribution in [0.3, 0.4) is 0 Å². The summed E-state index contributed by atoms with van der Waals surface area (Å²) < 4.78 is 1.93. The Morgan fingerprint density at radius 3 is 2.80 bits per heavy atom. The van der Waals surface area contributed by atoms with Crippen molar-refractivity contribution >= 4 is 5.65 Å². The number of aromatic nitrogens is 3. The molecule has 0 spiro atoms. The van der Waals surface area contributed by atoms with Crippen LogP contribution in [0.2, 0.25) is 0 Å². The van der Waals surface area contributed by atoms with Crippen LogP contribution < -0.4 is 5.32 Å². The van der Waals surface area contributed by atoms with E-state index in [9.17, 15) is 0 Å². The van der Waals surface area contributed by atoms with Gasteiger partial charge in [-0.3, -0.25) is 0 Å². The van der Waals surface area contributed by atoms with Crippen molar-refractivity contribution in [2.45, 2.75) is 33.2 Å². The maximum absolute atomic E-state index is 4.50. The quantitative estimate of drug-likeness (QED) is 0.819. The summed E-state index contributed by atoms with van der Waals surface area (Å²) in [5.41, 5.74) is 4.30. The van der Waals surface area contributed by atoms with Crippen LogP contribution in [0.15, 0.2) is 12.3 Å². The molecule has 20 heavy (non-hydrogen) atoms. The van der Waals surface area contributed by atoms with Crippen LogP contribution in [0.1, 0.15) is 36.3 Å². The third-order valence-corrected chi connectivity index (χ3v) is 3.58. The van der Waals surface area contributed by atoms with Crippen LogP contribution in [0, 0.1) is 13.8 Å². The maximum atomic E-state index is 4.50. The Kier molecular flexibility index (Phi) is 4.73. The first-order valence-corrected chi connectivity index (χ1v) is 7.19. The average molecular weight is 275 g/mol. The van der Waals surface area contributed by atoms with Crippen molar-refractivity contribution in [3.8, 4) is 0 Å². The van der Waals surface area contributed by atoms with Gasteiger partial charge >= 0.3 is 0 Å². The predicted octanol–water partition coefficient (Wildman–Crippen LogP) is 1.95. The van der Waals surface area contributed by atoms with Crippen LogP contribution in [-0.2, 0) is 0 Å². The molecule has 0 aromatic carbocycles. The van der Waals surface area contributed by atoms with Crippen molar-refractivity contribution in [1.29, 1.82) is 0 Å². The lowest BCUT2D eigenvalue weighted by molar-refractivity contribution is 0.389. The first-order valence-electron chi connectivity index (χ1n) is 7.19. The molecule has 0 radical (unpaired) electrons. The number of fused-ring (bicyclic) bond motifs is 1. The Balaban J connectivity index is 2.06. The van der Waals surface area contributed by atoms with Crippen LogP contribution >= 0.6 is 0 Å². The van der Waals surface area contributed by atoms with E-state index in [1.807, 2.05) is 23.7 Å². The highest BCUT2D eigenvalue weighted by molar-refractivity contribution is 5.42. The zero-order valence-electron chi connectivity index (χ0n) is 13.1. The highest BCUT2D eigenvalue weighted by Gasteiger charge is 2.12. The molecule has 0 aliphatic rings.